The zero-order valence-electron chi connectivity index (χ0n) is 16.2. The number of nitrogens with zero attached hydrogens (tertiary/aromatic N) is 1. The molecule has 0 saturated carbocycles. The summed E-state index contributed by atoms with van der Waals surface area (Å²) in [4.78, 5) is 12.4. The summed E-state index contributed by atoms with van der Waals surface area (Å²) in [5, 5.41) is 6.63. The third-order valence-electron chi connectivity index (χ3n) is 4.13. The van der Waals surface area contributed by atoms with Crippen molar-refractivity contribution in [1.82, 2.24) is 5.16 Å². The Balaban J connectivity index is 1.79. The van der Waals surface area contributed by atoms with E-state index >= 15 is 0 Å². The predicted octanol–water partition coefficient (Wildman–Crippen LogP) is 4.67. The van der Waals surface area contributed by atoms with Crippen LogP contribution in [0.15, 0.2) is 45.1 Å². The van der Waals surface area contributed by atoms with E-state index < -0.39 is 10.0 Å². The molecule has 0 spiro atoms. The molecule has 1 aromatic carbocycles. The van der Waals surface area contributed by atoms with Crippen LogP contribution in [-0.2, 0) is 14.8 Å². The molecule has 152 valence electrons. The van der Waals surface area contributed by atoms with E-state index in [4.69, 9.17) is 4.52 Å². The van der Waals surface area contributed by atoms with Gasteiger partial charge in [-0.25, -0.2) is 8.42 Å². The highest BCUT2D eigenvalue weighted by molar-refractivity contribution is 7.94. The second-order valence-electron chi connectivity index (χ2n) is 6.32. The number of rotatable bonds is 7. The minimum absolute atomic E-state index is 0.141. The third kappa shape index (κ3) is 4.93. The molecule has 1 amide bonds. The maximum Gasteiger partial charge on any atom is 0.271 e. The summed E-state index contributed by atoms with van der Waals surface area (Å²) in [6, 6.07) is 10.5. The van der Waals surface area contributed by atoms with Crippen LogP contribution < -0.4 is 10.0 Å². The first-order valence-corrected chi connectivity index (χ1v) is 11.2. The number of hydrogen-bond acceptors (Lipinski definition) is 6. The van der Waals surface area contributed by atoms with Crippen molar-refractivity contribution in [1.29, 1.82) is 0 Å². The van der Waals surface area contributed by atoms with Gasteiger partial charge in [0.25, 0.3) is 10.0 Å². The van der Waals surface area contributed by atoms with Gasteiger partial charge in [-0.15, -0.1) is 11.3 Å². The van der Waals surface area contributed by atoms with Gasteiger partial charge < -0.3 is 9.84 Å². The molecule has 0 saturated heterocycles. The number of benzene rings is 1. The molecule has 3 aromatic rings. The summed E-state index contributed by atoms with van der Waals surface area (Å²) < 4.78 is 33.4. The first-order valence-electron chi connectivity index (χ1n) is 8.92. The summed E-state index contributed by atoms with van der Waals surface area (Å²) >= 11 is 1.13. The highest BCUT2D eigenvalue weighted by Crippen LogP contribution is 2.28. The molecule has 0 fully saturated rings. The lowest BCUT2D eigenvalue weighted by atomic mass is 10.2. The molecule has 0 bridgehead atoms. The van der Waals surface area contributed by atoms with E-state index in [1.165, 1.54) is 0 Å². The largest absolute Gasteiger partial charge is 0.354 e. The number of amides is 1. The Bertz CT molecular complexity index is 1160. The molecule has 3 rings (SSSR count). The van der Waals surface area contributed by atoms with Gasteiger partial charge in [-0.1, -0.05) is 30.3 Å². The van der Waals surface area contributed by atoms with E-state index in [0.717, 1.165) is 21.8 Å². The van der Waals surface area contributed by atoms with Crippen molar-refractivity contribution < 1.29 is 17.7 Å². The maximum atomic E-state index is 12.7. The van der Waals surface area contributed by atoms with Crippen molar-refractivity contribution >= 4 is 50.8 Å². The Labute approximate surface area is 173 Å². The second kappa shape index (κ2) is 8.62. The number of sulfonamides is 1. The number of aryl methyl sites for hydroxylation is 2. The van der Waals surface area contributed by atoms with E-state index in [-0.39, 0.29) is 10.1 Å². The van der Waals surface area contributed by atoms with Crippen LogP contribution in [0, 0.1) is 13.8 Å². The average molecular weight is 432 g/mol. The molecular formula is C20H21N3O4S2. The van der Waals surface area contributed by atoms with Crippen molar-refractivity contribution in [2.45, 2.75) is 31.4 Å². The van der Waals surface area contributed by atoms with E-state index in [2.05, 4.69) is 15.2 Å². The molecule has 0 unspecified atom stereocenters. The Morgan fingerprint density at radius 3 is 2.66 bits per heavy atom. The summed E-state index contributed by atoms with van der Waals surface area (Å²) in [5.74, 6) is 0.262. The molecule has 0 aliphatic carbocycles. The number of anilines is 2. The van der Waals surface area contributed by atoms with Gasteiger partial charge in [-0.05, 0) is 49.8 Å². The number of para-hydroxylation sites is 1. The lowest BCUT2D eigenvalue weighted by Crippen LogP contribution is -2.12. The summed E-state index contributed by atoms with van der Waals surface area (Å²) in [7, 11) is -3.68. The molecule has 2 aromatic heterocycles. The minimum Gasteiger partial charge on any atom is -0.354 e. The van der Waals surface area contributed by atoms with Crippen LogP contribution in [0.25, 0.3) is 12.2 Å². The normalized spacial score (nSPS) is 11.7. The van der Waals surface area contributed by atoms with Crippen LogP contribution >= 0.6 is 11.3 Å². The SMILES string of the molecule is CCC(=O)Nc1c(C)noc1C=Cc1ccc(S(=O)(=O)Nc2ccccc2C)s1. The lowest BCUT2D eigenvalue weighted by Gasteiger charge is -2.08. The fourth-order valence-electron chi connectivity index (χ4n) is 2.49. The van der Waals surface area contributed by atoms with Crippen molar-refractivity contribution in [2.24, 2.45) is 0 Å². The Morgan fingerprint density at radius 1 is 1.17 bits per heavy atom. The molecule has 2 N–H and O–H groups in total. The van der Waals surface area contributed by atoms with E-state index in [0.29, 0.717) is 29.2 Å². The average Bonchev–Trinajstić information content (AvgIpc) is 3.30. The lowest BCUT2D eigenvalue weighted by molar-refractivity contribution is -0.115. The fraction of sp³-hybridized carbons (Fsp3) is 0.200. The van der Waals surface area contributed by atoms with Crippen LogP contribution in [0.4, 0.5) is 11.4 Å². The highest BCUT2D eigenvalue weighted by atomic mass is 32.2. The van der Waals surface area contributed by atoms with Crippen molar-refractivity contribution in [3.8, 4) is 0 Å². The van der Waals surface area contributed by atoms with E-state index in [1.807, 2.05) is 19.1 Å². The van der Waals surface area contributed by atoms with E-state index in [9.17, 15) is 13.2 Å². The van der Waals surface area contributed by atoms with Crippen LogP contribution in [0.5, 0.6) is 0 Å². The van der Waals surface area contributed by atoms with Gasteiger partial charge in [0.1, 0.15) is 15.6 Å². The van der Waals surface area contributed by atoms with Gasteiger partial charge in [-0.2, -0.15) is 0 Å². The molecule has 7 nitrogen and oxygen atoms in total. The van der Waals surface area contributed by atoms with Crippen molar-refractivity contribution in [3.05, 3.63) is 58.3 Å². The zero-order valence-corrected chi connectivity index (χ0v) is 17.9. The zero-order chi connectivity index (χ0) is 21.0. The quantitative estimate of drug-likeness (QED) is 0.566. The van der Waals surface area contributed by atoms with Gasteiger partial charge in [0.2, 0.25) is 5.91 Å². The molecular weight excluding hydrogens is 410 g/mol. The number of nitrogens with one attached hydrogen (secondary N) is 2. The monoisotopic (exact) mass is 431 g/mol. The summed E-state index contributed by atoms with van der Waals surface area (Å²) in [5.41, 5.74) is 2.48. The van der Waals surface area contributed by atoms with Crippen LogP contribution in [0.2, 0.25) is 0 Å². The van der Waals surface area contributed by atoms with Crippen LogP contribution in [0.3, 0.4) is 0 Å². The number of aromatic nitrogens is 1. The third-order valence-corrected chi connectivity index (χ3v) is 7.04. The molecule has 0 aliphatic heterocycles. The topological polar surface area (TPSA) is 101 Å². The Hall–Kier alpha value is -2.91. The standard InChI is InChI=1S/C20H21N3O4S2/c1-4-18(24)21-20-14(3)22-27-17(20)11-9-15-10-12-19(28-15)29(25,26)23-16-8-6-5-7-13(16)2/h5-12,23H,4H2,1-3H3,(H,21,24). The van der Waals surface area contributed by atoms with Gasteiger partial charge in [0, 0.05) is 11.3 Å². The van der Waals surface area contributed by atoms with Gasteiger partial charge in [0.05, 0.1) is 5.69 Å². The minimum atomic E-state index is -3.68. The molecule has 29 heavy (non-hydrogen) atoms. The van der Waals surface area contributed by atoms with E-state index in [1.54, 1.807) is 50.3 Å². The second-order valence-corrected chi connectivity index (χ2v) is 9.34. The smallest absolute Gasteiger partial charge is 0.271 e. The molecule has 0 aliphatic rings. The number of carbonyl (C=O) groups is 1. The Morgan fingerprint density at radius 2 is 1.93 bits per heavy atom. The first-order chi connectivity index (χ1) is 13.8. The highest BCUT2D eigenvalue weighted by Gasteiger charge is 2.18. The van der Waals surface area contributed by atoms with Crippen molar-refractivity contribution in [2.75, 3.05) is 10.0 Å². The van der Waals surface area contributed by atoms with Gasteiger partial charge >= 0.3 is 0 Å². The van der Waals surface area contributed by atoms with Crippen molar-refractivity contribution in [3.63, 3.8) is 0 Å². The first kappa shape index (κ1) is 20.8. The fourth-order valence-corrected chi connectivity index (χ4v) is 4.85. The number of hydrogen-bond donors (Lipinski definition) is 2. The predicted molar refractivity (Wildman–Crippen MR) is 115 cm³/mol. The molecule has 0 radical (unpaired) electrons. The maximum absolute atomic E-state index is 12.7. The van der Waals surface area contributed by atoms with Crippen LogP contribution in [-0.4, -0.2) is 19.5 Å². The molecule has 9 heteroatoms. The summed E-state index contributed by atoms with van der Waals surface area (Å²) in [6.45, 7) is 5.33. The number of thiophene rings is 1. The van der Waals surface area contributed by atoms with Crippen LogP contribution in [0.1, 0.15) is 35.2 Å². The number of carbonyl (C=O) groups excluding carboxylic acids is 1. The molecule has 0 atom stereocenters. The Kier molecular flexibility index (Phi) is 6.19. The molecule has 2 heterocycles. The van der Waals surface area contributed by atoms with Gasteiger partial charge in [-0.3, -0.25) is 9.52 Å². The van der Waals surface area contributed by atoms with Gasteiger partial charge in [0.15, 0.2) is 5.76 Å². The summed E-state index contributed by atoms with van der Waals surface area (Å²) in [6.07, 6.45) is 3.72.